The SMILES string of the molecule is CC1(C)COC(c2ccccc2N2CCOCC2)=N1. The lowest BCUT2D eigenvalue weighted by Crippen LogP contribution is -2.37. The maximum Gasteiger partial charge on any atom is 0.218 e. The molecule has 1 saturated heterocycles. The van der Waals surface area contributed by atoms with Crippen LogP contribution in [0, 0.1) is 0 Å². The predicted octanol–water partition coefficient (Wildman–Crippen LogP) is 2.08. The van der Waals surface area contributed by atoms with Crippen molar-refractivity contribution < 1.29 is 9.47 Å². The Bertz CT molecular complexity index is 491. The van der Waals surface area contributed by atoms with Gasteiger partial charge in [0.05, 0.1) is 24.3 Å². The average Bonchev–Trinajstić information content (AvgIpc) is 2.80. The van der Waals surface area contributed by atoms with E-state index in [4.69, 9.17) is 9.47 Å². The molecular formula is C15H20N2O2. The molecular weight excluding hydrogens is 240 g/mol. The van der Waals surface area contributed by atoms with Crippen LogP contribution >= 0.6 is 0 Å². The summed E-state index contributed by atoms with van der Waals surface area (Å²) in [5.74, 6) is 0.770. The van der Waals surface area contributed by atoms with Crippen molar-refractivity contribution in [2.75, 3.05) is 37.8 Å². The second-order valence-corrected chi connectivity index (χ2v) is 5.63. The van der Waals surface area contributed by atoms with Crippen molar-refractivity contribution in [3.63, 3.8) is 0 Å². The summed E-state index contributed by atoms with van der Waals surface area (Å²) in [5, 5.41) is 0. The number of benzene rings is 1. The fourth-order valence-corrected chi connectivity index (χ4v) is 2.46. The summed E-state index contributed by atoms with van der Waals surface area (Å²) < 4.78 is 11.2. The fourth-order valence-electron chi connectivity index (χ4n) is 2.46. The largest absolute Gasteiger partial charge is 0.475 e. The van der Waals surface area contributed by atoms with E-state index < -0.39 is 0 Å². The number of hydrogen-bond acceptors (Lipinski definition) is 4. The zero-order valence-electron chi connectivity index (χ0n) is 11.6. The molecule has 0 aromatic heterocycles. The highest BCUT2D eigenvalue weighted by Gasteiger charge is 2.29. The summed E-state index contributed by atoms with van der Waals surface area (Å²) in [5.41, 5.74) is 2.17. The molecule has 0 spiro atoms. The number of anilines is 1. The van der Waals surface area contributed by atoms with Crippen LogP contribution in [0.15, 0.2) is 29.3 Å². The van der Waals surface area contributed by atoms with E-state index in [1.165, 1.54) is 5.69 Å². The first-order valence-electron chi connectivity index (χ1n) is 6.80. The minimum absolute atomic E-state index is 0.118. The Hall–Kier alpha value is -1.55. The first-order valence-corrected chi connectivity index (χ1v) is 6.80. The van der Waals surface area contributed by atoms with Crippen LogP contribution in [0.1, 0.15) is 19.4 Å². The predicted molar refractivity (Wildman–Crippen MR) is 76.0 cm³/mol. The minimum atomic E-state index is -0.118. The maximum absolute atomic E-state index is 5.78. The molecule has 1 aromatic rings. The Balaban J connectivity index is 1.93. The lowest BCUT2D eigenvalue weighted by Gasteiger charge is -2.30. The summed E-state index contributed by atoms with van der Waals surface area (Å²) >= 11 is 0. The van der Waals surface area contributed by atoms with Crippen LogP contribution in [-0.4, -0.2) is 44.3 Å². The summed E-state index contributed by atoms with van der Waals surface area (Å²) in [7, 11) is 0. The van der Waals surface area contributed by atoms with Gasteiger partial charge < -0.3 is 14.4 Å². The molecule has 1 aromatic carbocycles. The van der Waals surface area contributed by atoms with E-state index in [0.29, 0.717) is 6.61 Å². The van der Waals surface area contributed by atoms with Crippen molar-refractivity contribution in [2.45, 2.75) is 19.4 Å². The molecule has 0 aliphatic carbocycles. The Morgan fingerprint density at radius 1 is 1.16 bits per heavy atom. The van der Waals surface area contributed by atoms with E-state index in [1.807, 2.05) is 6.07 Å². The number of aliphatic imine (C=N–C) groups is 1. The third kappa shape index (κ3) is 2.59. The van der Waals surface area contributed by atoms with Crippen LogP contribution in [0.5, 0.6) is 0 Å². The fraction of sp³-hybridized carbons (Fsp3) is 0.533. The third-order valence-corrected chi connectivity index (χ3v) is 3.45. The number of para-hydroxylation sites is 1. The molecule has 4 nitrogen and oxygen atoms in total. The molecule has 3 rings (SSSR count). The van der Waals surface area contributed by atoms with Gasteiger partial charge in [-0.3, -0.25) is 0 Å². The topological polar surface area (TPSA) is 34.1 Å². The van der Waals surface area contributed by atoms with Gasteiger partial charge in [0.25, 0.3) is 0 Å². The van der Waals surface area contributed by atoms with Crippen LogP contribution in [0.25, 0.3) is 0 Å². The van der Waals surface area contributed by atoms with Gasteiger partial charge in [-0.05, 0) is 26.0 Å². The number of morpholine rings is 1. The Kier molecular flexibility index (Phi) is 3.19. The van der Waals surface area contributed by atoms with Gasteiger partial charge in [0.2, 0.25) is 5.90 Å². The highest BCUT2D eigenvalue weighted by molar-refractivity contribution is 6.00. The van der Waals surface area contributed by atoms with E-state index in [1.54, 1.807) is 0 Å². The Morgan fingerprint density at radius 3 is 2.58 bits per heavy atom. The van der Waals surface area contributed by atoms with Crippen LogP contribution in [-0.2, 0) is 9.47 Å². The van der Waals surface area contributed by atoms with Gasteiger partial charge in [-0.1, -0.05) is 12.1 Å². The molecule has 0 amide bonds. The maximum atomic E-state index is 5.78. The molecule has 0 unspecified atom stereocenters. The van der Waals surface area contributed by atoms with Gasteiger partial charge in [0, 0.05) is 18.8 Å². The number of nitrogens with zero attached hydrogens (tertiary/aromatic N) is 2. The van der Waals surface area contributed by atoms with Crippen LogP contribution in [0.3, 0.4) is 0 Å². The van der Waals surface area contributed by atoms with Crippen molar-refractivity contribution in [1.29, 1.82) is 0 Å². The molecule has 1 fully saturated rings. The molecule has 102 valence electrons. The van der Waals surface area contributed by atoms with Gasteiger partial charge in [-0.25, -0.2) is 4.99 Å². The summed E-state index contributed by atoms with van der Waals surface area (Å²) in [4.78, 5) is 7.03. The molecule has 0 bridgehead atoms. The van der Waals surface area contributed by atoms with Crippen LogP contribution in [0.4, 0.5) is 5.69 Å². The number of rotatable bonds is 2. The molecule has 2 heterocycles. The quantitative estimate of drug-likeness (QED) is 0.816. The van der Waals surface area contributed by atoms with Gasteiger partial charge in [-0.2, -0.15) is 0 Å². The van der Waals surface area contributed by atoms with Gasteiger partial charge in [0.1, 0.15) is 6.61 Å². The second kappa shape index (κ2) is 4.85. The first-order chi connectivity index (χ1) is 9.16. The second-order valence-electron chi connectivity index (χ2n) is 5.63. The van der Waals surface area contributed by atoms with Crippen molar-refractivity contribution >= 4 is 11.6 Å². The van der Waals surface area contributed by atoms with E-state index in [9.17, 15) is 0 Å². The molecule has 0 atom stereocenters. The lowest BCUT2D eigenvalue weighted by molar-refractivity contribution is 0.122. The molecule has 2 aliphatic rings. The smallest absolute Gasteiger partial charge is 0.218 e. The first kappa shape index (κ1) is 12.5. The van der Waals surface area contributed by atoms with Crippen LogP contribution in [0.2, 0.25) is 0 Å². The van der Waals surface area contributed by atoms with Crippen molar-refractivity contribution in [3.05, 3.63) is 29.8 Å². The molecule has 0 N–H and O–H groups in total. The Labute approximate surface area is 114 Å². The average molecular weight is 260 g/mol. The van der Waals surface area contributed by atoms with E-state index in [0.717, 1.165) is 37.8 Å². The summed E-state index contributed by atoms with van der Waals surface area (Å²) in [6.07, 6.45) is 0. The van der Waals surface area contributed by atoms with Gasteiger partial charge in [0.15, 0.2) is 0 Å². The summed E-state index contributed by atoms with van der Waals surface area (Å²) in [6.45, 7) is 8.26. The van der Waals surface area contributed by atoms with Gasteiger partial charge >= 0.3 is 0 Å². The lowest BCUT2D eigenvalue weighted by atomic mass is 10.1. The van der Waals surface area contributed by atoms with Crippen molar-refractivity contribution in [1.82, 2.24) is 0 Å². The monoisotopic (exact) mass is 260 g/mol. The third-order valence-electron chi connectivity index (χ3n) is 3.45. The highest BCUT2D eigenvalue weighted by atomic mass is 16.5. The molecule has 4 heteroatoms. The number of ether oxygens (including phenoxy) is 2. The molecule has 2 aliphatic heterocycles. The molecule has 0 saturated carbocycles. The van der Waals surface area contributed by atoms with E-state index in [-0.39, 0.29) is 5.54 Å². The zero-order valence-corrected chi connectivity index (χ0v) is 11.6. The van der Waals surface area contributed by atoms with Crippen molar-refractivity contribution in [2.24, 2.45) is 4.99 Å². The zero-order chi connectivity index (χ0) is 13.3. The Morgan fingerprint density at radius 2 is 1.89 bits per heavy atom. The minimum Gasteiger partial charge on any atom is -0.475 e. The summed E-state index contributed by atoms with van der Waals surface area (Å²) in [6, 6.07) is 8.33. The highest BCUT2D eigenvalue weighted by Crippen LogP contribution is 2.27. The van der Waals surface area contributed by atoms with Crippen molar-refractivity contribution in [3.8, 4) is 0 Å². The van der Waals surface area contributed by atoms with Crippen LogP contribution < -0.4 is 4.90 Å². The standard InChI is InChI=1S/C15H20N2O2/c1-15(2)11-19-14(16-15)12-5-3-4-6-13(12)17-7-9-18-10-8-17/h3-6H,7-11H2,1-2H3. The number of hydrogen-bond donors (Lipinski definition) is 0. The van der Waals surface area contributed by atoms with E-state index >= 15 is 0 Å². The molecule has 19 heavy (non-hydrogen) atoms. The molecule has 0 radical (unpaired) electrons. The normalized spacial score (nSPS) is 22.0. The van der Waals surface area contributed by atoms with E-state index in [2.05, 4.69) is 41.9 Å². The van der Waals surface area contributed by atoms with Gasteiger partial charge in [-0.15, -0.1) is 0 Å².